The summed E-state index contributed by atoms with van der Waals surface area (Å²) >= 11 is 0. The molecule has 33 heavy (non-hydrogen) atoms. The summed E-state index contributed by atoms with van der Waals surface area (Å²) in [6, 6.07) is 16.5. The third kappa shape index (κ3) is 4.54. The van der Waals surface area contributed by atoms with E-state index in [0.717, 1.165) is 16.7 Å². The third-order valence-electron chi connectivity index (χ3n) is 5.73. The van der Waals surface area contributed by atoms with Gasteiger partial charge in [0, 0.05) is 13.5 Å². The van der Waals surface area contributed by atoms with E-state index in [1.165, 1.54) is 13.2 Å². The van der Waals surface area contributed by atoms with Gasteiger partial charge in [0.25, 0.3) is 5.91 Å². The van der Waals surface area contributed by atoms with Crippen LogP contribution < -0.4 is 20.9 Å². The number of anilines is 2. The molecule has 0 spiro atoms. The fourth-order valence-electron chi connectivity index (χ4n) is 4.28. The van der Waals surface area contributed by atoms with Crippen molar-refractivity contribution in [3.63, 3.8) is 0 Å². The Morgan fingerprint density at radius 1 is 1.12 bits per heavy atom. The molecule has 8 nitrogen and oxygen atoms in total. The third-order valence-corrected chi connectivity index (χ3v) is 5.73. The second-order valence-corrected chi connectivity index (χ2v) is 8.28. The molecule has 2 amide bonds. The van der Waals surface area contributed by atoms with Gasteiger partial charge in [-0.3, -0.25) is 14.9 Å². The summed E-state index contributed by atoms with van der Waals surface area (Å²) in [4.78, 5) is 29.0. The van der Waals surface area contributed by atoms with Crippen molar-refractivity contribution in [3.8, 4) is 11.1 Å². The Bertz CT molecular complexity index is 1160. The Morgan fingerprint density at radius 3 is 2.55 bits per heavy atom. The highest BCUT2D eigenvalue weighted by molar-refractivity contribution is 6.10. The van der Waals surface area contributed by atoms with Crippen LogP contribution in [0.15, 0.2) is 65.3 Å². The van der Waals surface area contributed by atoms with Gasteiger partial charge < -0.3 is 25.1 Å². The van der Waals surface area contributed by atoms with Gasteiger partial charge >= 0.3 is 0 Å². The molecule has 4 N–H and O–H groups in total. The highest BCUT2D eigenvalue weighted by Crippen LogP contribution is 2.39. The van der Waals surface area contributed by atoms with E-state index in [2.05, 4.69) is 5.32 Å². The van der Waals surface area contributed by atoms with Gasteiger partial charge in [0.15, 0.2) is 5.76 Å². The van der Waals surface area contributed by atoms with Crippen molar-refractivity contribution < 1.29 is 19.1 Å². The number of aliphatic hydroxyl groups excluding tert-OH is 1. The first-order chi connectivity index (χ1) is 15.8. The van der Waals surface area contributed by atoms with E-state index < -0.39 is 12.4 Å². The molecule has 3 aromatic rings. The number of nitrogens with two attached hydrogens (primary N) is 1. The van der Waals surface area contributed by atoms with Gasteiger partial charge in [-0.05, 0) is 60.9 Å². The molecule has 172 valence electrons. The first-order valence-electron chi connectivity index (χ1n) is 10.9. The van der Waals surface area contributed by atoms with E-state index in [-0.39, 0.29) is 23.6 Å². The van der Waals surface area contributed by atoms with Gasteiger partial charge in [-0.15, -0.1) is 0 Å². The number of aliphatic hydroxyl groups is 1. The zero-order valence-electron chi connectivity index (χ0n) is 18.9. The minimum absolute atomic E-state index is 0.0845. The highest BCUT2D eigenvalue weighted by Gasteiger charge is 2.35. The van der Waals surface area contributed by atoms with Gasteiger partial charge in [-0.2, -0.15) is 0 Å². The van der Waals surface area contributed by atoms with Crippen LogP contribution in [0, 0.1) is 0 Å². The topological polar surface area (TPSA) is 112 Å². The van der Waals surface area contributed by atoms with Crippen LogP contribution in [-0.2, 0) is 4.79 Å². The highest BCUT2D eigenvalue weighted by atomic mass is 16.3. The average Bonchev–Trinajstić information content (AvgIpc) is 3.32. The molecule has 2 aromatic carbocycles. The molecule has 3 atom stereocenters. The molecule has 8 heteroatoms. The number of nitrogens with one attached hydrogen (secondary N) is 1. The molecule has 0 saturated heterocycles. The first kappa shape index (κ1) is 22.7. The number of carbonyl (C=O) groups is 2. The molecule has 0 bridgehead atoms. The number of amides is 2. The molecule has 1 aliphatic heterocycles. The number of rotatable bonds is 5. The molecule has 2 unspecified atom stereocenters. The van der Waals surface area contributed by atoms with Gasteiger partial charge in [0.2, 0.25) is 5.91 Å². The maximum atomic E-state index is 13.2. The lowest BCUT2D eigenvalue weighted by Gasteiger charge is -2.40. The lowest BCUT2D eigenvalue weighted by molar-refractivity contribution is -0.117. The van der Waals surface area contributed by atoms with E-state index in [0.29, 0.717) is 17.9 Å². The minimum Gasteiger partial charge on any atom is -0.459 e. The van der Waals surface area contributed by atoms with Crippen LogP contribution in [0.4, 0.5) is 11.4 Å². The Kier molecular flexibility index (Phi) is 6.33. The summed E-state index contributed by atoms with van der Waals surface area (Å²) in [5.74, 6) is -0.101. The summed E-state index contributed by atoms with van der Waals surface area (Å²) in [7, 11) is 0. The molecular formula is C25H28N4O4. The van der Waals surface area contributed by atoms with E-state index in [9.17, 15) is 14.7 Å². The maximum absolute atomic E-state index is 13.2. The number of hydrogen-bond donors (Lipinski definition) is 3. The van der Waals surface area contributed by atoms with E-state index in [1.807, 2.05) is 49.4 Å². The van der Waals surface area contributed by atoms with Crippen molar-refractivity contribution >= 4 is 23.2 Å². The number of hydrogen-bond acceptors (Lipinski definition) is 6. The smallest absolute Gasteiger partial charge is 0.294 e. The molecule has 0 aliphatic carbocycles. The van der Waals surface area contributed by atoms with Crippen molar-refractivity contribution in [1.82, 2.24) is 5.32 Å². The van der Waals surface area contributed by atoms with Crippen LogP contribution in [0.3, 0.4) is 0 Å². The Balaban J connectivity index is 1.78. The summed E-state index contributed by atoms with van der Waals surface area (Å²) in [5, 5.41) is 12.5. The second-order valence-electron chi connectivity index (χ2n) is 8.28. The first-order valence-corrected chi connectivity index (χ1v) is 10.9. The molecule has 4 rings (SSSR count). The molecular weight excluding hydrogens is 420 g/mol. The van der Waals surface area contributed by atoms with E-state index >= 15 is 0 Å². The zero-order valence-corrected chi connectivity index (χ0v) is 18.9. The van der Waals surface area contributed by atoms with Gasteiger partial charge in [0.1, 0.15) is 6.23 Å². The minimum atomic E-state index is -0.742. The Labute approximate surface area is 192 Å². The SMILES string of the molecule is CC(=O)N1c2ccc(-c3cccc(C(N)NC(C)O)c3)cc2N(C(=O)c2ccco2)C[C@@H]1C. The summed E-state index contributed by atoms with van der Waals surface area (Å²) in [6.07, 6.45) is 0.192. The average molecular weight is 449 g/mol. The van der Waals surface area contributed by atoms with Crippen molar-refractivity contribution in [1.29, 1.82) is 0 Å². The second kappa shape index (κ2) is 9.19. The lowest BCUT2D eigenvalue weighted by Crippen LogP contribution is -2.51. The van der Waals surface area contributed by atoms with Crippen LogP contribution in [0.2, 0.25) is 0 Å². The van der Waals surface area contributed by atoms with Gasteiger partial charge in [0.05, 0.1) is 29.8 Å². The fourth-order valence-corrected chi connectivity index (χ4v) is 4.28. The molecule has 2 heterocycles. The number of nitrogens with zero attached hydrogens (tertiary/aromatic N) is 2. The zero-order chi connectivity index (χ0) is 23.7. The summed E-state index contributed by atoms with van der Waals surface area (Å²) in [6.45, 7) is 5.40. The number of carbonyl (C=O) groups excluding carboxylic acids is 2. The van der Waals surface area contributed by atoms with Crippen LogP contribution in [-0.4, -0.2) is 35.7 Å². The van der Waals surface area contributed by atoms with Crippen molar-refractivity contribution in [2.45, 2.75) is 39.2 Å². The molecule has 1 aliphatic rings. The largest absolute Gasteiger partial charge is 0.459 e. The quantitative estimate of drug-likeness (QED) is 0.517. The molecule has 0 fully saturated rings. The predicted molar refractivity (Wildman–Crippen MR) is 127 cm³/mol. The molecule has 0 radical (unpaired) electrons. The fraction of sp³-hybridized carbons (Fsp3) is 0.280. The van der Waals surface area contributed by atoms with Gasteiger partial charge in [-0.1, -0.05) is 24.3 Å². The molecule has 0 saturated carbocycles. The monoisotopic (exact) mass is 448 g/mol. The maximum Gasteiger partial charge on any atom is 0.294 e. The van der Waals surface area contributed by atoms with Crippen LogP contribution in [0.5, 0.6) is 0 Å². The van der Waals surface area contributed by atoms with Crippen molar-refractivity contribution in [2.24, 2.45) is 5.73 Å². The van der Waals surface area contributed by atoms with Crippen LogP contribution in [0.25, 0.3) is 11.1 Å². The van der Waals surface area contributed by atoms with Crippen LogP contribution in [0.1, 0.15) is 43.1 Å². The Morgan fingerprint density at radius 2 is 1.88 bits per heavy atom. The number of fused-ring (bicyclic) bond motifs is 1. The number of furan rings is 1. The summed E-state index contributed by atoms with van der Waals surface area (Å²) in [5.41, 5.74) is 10.1. The van der Waals surface area contributed by atoms with Crippen LogP contribution >= 0.6 is 0 Å². The lowest BCUT2D eigenvalue weighted by atomic mass is 9.98. The Hall–Kier alpha value is -3.46. The summed E-state index contributed by atoms with van der Waals surface area (Å²) < 4.78 is 5.35. The predicted octanol–water partition coefficient (Wildman–Crippen LogP) is 3.23. The van der Waals surface area contributed by atoms with Crippen molar-refractivity contribution in [2.75, 3.05) is 16.3 Å². The van der Waals surface area contributed by atoms with Crippen molar-refractivity contribution in [3.05, 3.63) is 72.2 Å². The normalized spacial score (nSPS) is 17.4. The number of benzene rings is 2. The van der Waals surface area contributed by atoms with E-state index in [1.54, 1.807) is 28.9 Å². The standard InChI is InChI=1S/C25H28N4O4/c1-15-14-28(25(32)23-8-5-11-33-23)22-13-19(9-10-21(22)29(15)17(3)31)18-6-4-7-20(12-18)24(26)27-16(2)30/h4-13,15-16,24,27,30H,14,26H2,1-3H3/t15-,16?,24?/m0/s1. The van der Waals surface area contributed by atoms with E-state index in [4.69, 9.17) is 10.2 Å². The van der Waals surface area contributed by atoms with Gasteiger partial charge in [-0.25, -0.2) is 0 Å². The molecule has 1 aromatic heterocycles.